The summed E-state index contributed by atoms with van der Waals surface area (Å²) in [4.78, 5) is 11.8. The lowest BCUT2D eigenvalue weighted by molar-refractivity contribution is -0.151. The molecule has 0 aliphatic heterocycles. The van der Waals surface area contributed by atoms with Crippen LogP contribution in [-0.4, -0.2) is 41.4 Å². The van der Waals surface area contributed by atoms with Crippen molar-refractivity contribution in [3.05, 3.63) is 0 Å². The van der Waals surface area contributed by atoms with Gasteiger partial charge in [0, 0.05) is 19.4 Å². The number of alkyl halides is 1. The Morgan fingerprint density at radius 1 is 1.11 bits per heavy atom. The molecule has 1 unspecified atom stereocenters. The third kappa shape index (κ3) is 3.74. The van der Waals surface area contributed by atoms with Crippen molar-refractivity contribution in [2.75, 3.05) is 7.11 Å². The van der Waals surface area contributed by atoms with Crippen LogP contribution < -0.4 is 0 Å². The SMILES string of the molecule is CO[C@H]1[C@@H]2C[C@](C)(O)C(Cl)C[C@@H]3C(C)(C)[C@@H](OC(C)=O)C[C@]3(C)C[C@@H]2C[C@@H]1C. The third-order valence-electron chi connectivity index (χ3n) is 8.56. The molecule has 3 rings (SSSR count). The Labute approximate surface area is 175 Å². The van der Waals surface area contributed by atoms with Crippen LogP contribution in [0.4, 0.5) is 0 Å². The van der Waals surface area contributed by atoms with Gasteiger partial charge in [-0.15, -0.1) is 11.6 Å². The number of halogens is 1. The zero-order valence-corrected chi connectivity index (χ0v) is 19.4. The number of methoxy groups -OCH3 is 1. The maximum Gasteiger partial charge on any atom is 0.302 e. The summed E-state index contributed by atoms with van der Waals surface area (Å²) in [5, 5.41) is 11.0. The van der Waals surface area contributed by atoms with Crippen molar-refractivity contribution in [2.45, 2.75) is 96.8 Å². The first-order valence-corrected chi connectivity index (χ1v) is 11.3. The summed E-state index contributed by atoms with van der Waals surface area (Å²) in [5.41, 5.74) is -1.08. The van der Waals surface area contributed by atoms with Crippen molar-refractivity contribution < 1.29 is 19.4 Å². The molecule has 1 N–H and O–H groups in total. The standard InChI is InChI=1S/C23H39ClO4/c1-13-8-15-10-22(5)12-19(28-14(2)25)21(3,4)17(22)9-18(24)23(6,26)11-16(15)20(13)27-7/h13,15-20,26H,8-12H2,1-7H3/t13-,15-,16+,17+,18?,19-,20+,22-,23-/m0/s1. The second kappa shape index (κ2) is 7.42. The molecule has 0 aromatic carbocycles. The molecule has 3 aliphatic carbocycles. The predicted octanol–water partition coefficient (Wildman–Crippen LogP) is 4.80. The van der Waals surface area contributed by atoms with E-state index in [-0.39, 0.29) is 40.3 Å². The minimum Gasteiger partial charge on any atom is -0.462 e. The van der Waals surface area contributed by atoms with E-state index in [0.29, 0.717) is 24.2 Å². The molecular weight excluding hydrogens is 376 g/mol. The van der Waals surface area contributed by atoms with Crippen molar-refractivity contribution >= 4 is 17.6 Å². The van der Waals surface area contributed by atoms with E-state index in [1.54, 1.807) is 7.11 Å². The average Bonchev–Trinajstić information content (AvgIpc) is 2.92. The molecule has 5 heteroatoms. The molecule has 0 amide bonds. The summed E-state index contributed by atoms with van der Waals surface area (Å²) in [6.45, 7) is 12.4. The minimum absolute atomic E-state index is 0.0302. The fourth-order valence-electron chi connectivity index (χ4n) is 7.23. The molecule has 3 saturated carbocycles. The lowest BCUT2D eigenvalue weighted by Gasteiger charge is -2.41. The van der Waals surface area contributed by atoms with Crippen molar-refractivity contribution in [3.63, 3.8) is 0 Å². The molecule has 0 spiro atoms. The molecule has 28 heavy (non-hydrogen) atoms. The van der Waals surface area contributed by atoms with Crippen LogP contribution in [0.3, 0.4) is 0 Å². The van der Waals surface area contributed by atoms with Crippen LogP contribution in [-0.2, 0) is 14.3 Å². The first-order chi connectivity index (χ1) is 12.8. The van der Waals surface area contributed by atoms with Gasteiger partial charge in [0.05, 0.1) is 17.1 Å². The average molecular weight is 415 g/mol. The van der Waals surface area contributed by atoms with Crippen LogP contribution in [0, 0.1) is 34.5 Å². The van der Waals surface area contributed by atoms with Gasteiger partial charge in [0.2, 0.25) is 0 Å². The molecule has 4 nitrogen and oxygen atoms in total. The summed E-state index contributed by atoms with van der Waals surface area (Å²) >= 11 is 6.89. The Kier molecular flexibility index (Phi) is 5.93. The van der Waals surface area contributed by atoms with Crippen molar-refractivity contribution in [2.24, 2.45) is 34.5 Å². The van der Waals surface area contributed by atoms with E-state index in [1.807, 2.05) is 6.92 Å². The Morgan fingerprint density at radius 3 is 2.32 bits per heavy atom. The maximum absolute atomic E-state index is 11.8. The molecule has 0 saturated heterocycles. The summed E-state index contributed by atoms with van der Waals surface area (Å²) < 4.78 is 11.7. The van der Waals surface area contributed by atoms with Crippen LogP contribution in [0.1, 0.15) is 73.6 Å². The number of hydrogen-bond acceptors (Lipinski definition) is 4. The van der Waals surface area contributed by atoms with Crippen molar-refractivity contribution in [1.82, 2.24) is 0 Å². The molecule has 0 radical (unpaired) electrons. The number of fused-ring (bicyclic) bond motifs is 2. The van der Waals surface area contributed by atoms with E-state index in [9.17, 15) is 9.90 Å². The largest absolute Gasteiger partial charge is 0.462 e. The number of carbonyl (C=O) groups is 1. The molecule has 0 bridgehead atoms. The molecular formula is C23H39ClO4. The molecule has 162 valence electrons. The van der Waals surface area contributed by atoms with Gasteiger partial charge < -0.3 is 14.6 Å². The fraction of sp³-hybridized carbons (Fsp3) is 0.957. The molecule has 3 aliphatic rings. The van der Waals surface area contributed by atoms with Crippen LogP contribution in [0.25, 0.3) is 0 Å². The quantitative estimate of drug-likeness (QED) is 0.520. The second-order valence-electron chi connectivity index (χ2n) is 11.1. The van der Waals surface area contributed by atoms with Crippen LogP contribution in [0.5, 0.6) is 0 Å². The van der Waals surface area contributed by atoms with Gasteiger partial charge in [-0.1, -0.05) is 27.7 Å². The first kappa shape index (κ1) is 22.4. The third-order valence-corrected chi connectivity index (χ3v) is 9.21. The highest BCUT2D eigenvalue weighted by atomic mass is 35.5. The summed E-state index contributed by atoms with van der Waals surface area (Å²) in [7, 11) is 1.79. The van der Waals surface area contributed by atoms with E-state index < -0.39 is 5.60 Å². The lowest BCUT2D eigenvalue weighted by Crippen LogP contribution is -2.43. The Hall–Kier alpha value is -0.320. The van der Waals surface area contributed by atoms with Gasteiger partial charge >= 0.3 is 5.97 Å². The number of hydrogen-bond donors (Lipinski definition) is 1. The normalized spacial score (nSPS) is 50.8. The van der Waals surface area contributed by atoms with E-state index in [2.05, 4.69) is 27.7 Å². The number of carbonyl (C=O) groups excluding carboxylic acids is 1. The second-order valence-corrected chi connectivity index (χ2v) is 11.7. The van der Waals surface area contributed by atoms with E-state index >= 15 is 0 Å². The van der Waals surface area contributed by atoms with Crippen LogP contribution in [0.2, 0.25) is 0 Å². The van der Waals surface area contributed by atoms with E-state index in [0.717, 1.165) is 25.7 Å². The van der Waals surface area contributed by atoms with Crippen LogP contribution in [0.15, 0.2) is 0 Å². The number of esters is 1. The van der Waals surface area contributed by atoms with Gasteiger partial charge in [-0.25, -0.2) is 0 Å². The summed E-state index contributed by atoms with van der Waals surface area (Å²) in [5.74, 6) is 1.35. The van der Waals surface area contributed by atoms with Crippen molar-refractivity contribution in [1.29, 1.82) is 0 Å². The number of rotatable bonds is 2. The van der Waals surface area contributed by atoms with Crippen molar-refractivity contribution in [3.8, 4) is 0 Å². The highest BCUT2D eigenvalue weighted by Crippen LogP contribution is 2.63. The molecule has 0 heterocycles. The Morgan fingerprint density at radius 2 is 1.75 bits per heavy atom. The van der Waals surface area contributed by atoms with Gasteiger partial charge in [0.15, 0.2) is 0 Å². The van der Waals surface area contributed by atoms with Gasteiger partial charge in [0.1, 0.15) is 6.10 Å². The monoisotopic (exact) mass is 414 g/mol. The summed E-state index contributed by atoms with van der Waals surface area (Å²) in [6.07, 6.45) is 4.54. The summed E-state index contributed by atoms with van der Waals surface area (Å²) in [6, 6.07) is 0. The molecule has 9 atom stereocenters. The smallest absolute Gasteiger partial charge is 0.302 e. The van der Waals surface area contributed by atoms with Gasteiger partial charge in [0.25, 0.3) is 0 Å². The highest BCUT2D eigenvalue weighted by molar-refractivity contribution is 6.21. The zero-order valence-electron chi connectivity index (χ0n) is 18.6. The predicted molar refractivity (Wildman–Crippen MR) is 111 cm³/mol. The number of aliphatic hydroxyl groups is 1. The van der Waals surface area contributed by atoms with Gasteiger partial charge in [-0.3, -0.25) is 4.79 Å². The van der Waals surface area contributed by atoms with E-state index in [4.69, 9.17) is 21.1 Å². The Balaban J connectivity index is 2.01. The minimum atomic E-state index is -0.938. The zero-order chi connectivity index (χ0) is 21.1. The fourth-order valence-corrected chi connectivity index (χ4v) is 7.49. The Bertz CT molecular complexity index is 603. The van der Waals surface area contributed by atoms with Gasteiger partial charge in [-0.05, 0) is 68.1 Å². The first-order valence-electron chi connectivity index (χ1n) is 10.9. The maximum atomic E-state index is 11.8. The highest BCUT2D eigenvalue weighted by Gasteiger charge is 2.60. The molecule has 0 aromatic heterocycles. The molecule has 3 fully saturated rings. The van der Waals surface area contributed by atoms with E-state index in [1.165, 1.54) is 6.92 Å². The lowest BCUT2D eigenvalue weighted by atomic mass is 9.65. The van der Waals surface area contributed by atoms with Crippen LogP contribution >= 0.6 is 11.6 Å². The van der Waals surface area contributed by atoms with Gasteiger partial charge in [-0.2, -0.15) is 0 Å². The topological polar surface area (TPSA) is 55.8 Å². The molecule has 0 aromatic rings. The number of ether oxygens (including phenoxy) is 2.